The second kappa shape index (κ2) is 3.02. The fraction of sp³-hybridized carbons (Fsp3) is 0.444. The lowest BCUT2D eigenvalue weighted by atomic mass is 10.2. The Bertz CT molecular complexity index is 410. The molecule has 0 aliphatic carbocycles. The second-order valence-corrected chi connectivity index (χ2v) is 3.53. The van der Waals surface area contributed by atoms with E-state index in [-0.39, 0.29) is 0 Å². The Morgan fingerprint density at radius 2 is 2.43 bits per heavy atom. The van der Waals surface area contributed by atoms with Crippen LogP contribution in [0, 0.1) is 0 Å². The van der Waals surface area contributed by atoms with E-state index in [1.807, 2.05) is 0 Å². The maximum atomic E-state index is 4.43. The van der Waals surface area contributed by atoms with Crippen LogP contribution in [0.15, 0.2) is 12.5 Å². The third kappa shape index (κ3) is 1.17. The highest BCUT2D eigenvalue weighted by Gasteiger charge is 2.19. The summed E-state index contributed by atoms with van der Waals surface area (Å²) in [7, 11) is 0. The lowest BCUT2D eigenvalue weighted by molar-refractivity contribution is 0.614. The molecule has 0 bridgehead atoms. The first kappa shape index (κ1) is 7.87. The van der Waals surface area contributed by atoms with Gasteiger partial charge in [-0.2, -0.15) is 0 Å². The molecule has 1 aliphatic rings. The van der Waals surface area contributed by atoms with Crippen LogP contribution in [-0.2, 0) is 0 Å². The normalized spacial score (nSPS) is 21.9. The average Bonchev–Trinajstić information content (AvgIpc) is 2.86. The number of hydrogen-bond acceptors (Lipinski definition) is 4. The summed E-state index contributed by atoms with van der Waals surface area (Å²) < 4.78 is 0. The molecule has 0 aromatic carbocycles. The molecule has 1 fully saturated rings. The minimum Gasteiger partial charge on any atom is -0.338 e. The van der Waals surface area contributed by atoms with Crippen molar-refractivity contribution in [2.75, 3.05) is 6.54 Å². The first-order chi connectivity index (χ1) is 6.93. The predicted molar refractivity (Wildman–Crippen MR) is 51.7 cm³/mol. The summed E-state index contributed by atoms with van der Waals surface area (Å²) in [6, 6.07) is 0.365. The molecule has 1 saturated heterocycles. The molecular weight excluding hydrogens is 178 g/mol. The maximum absolute atomic E-state index is 4.43. The van der Waals surface area contributed by atoms with Gasteiger partial charge in [-0.3, -0.25) is 0 Å². The van der Waals surface area contributed by atoms with Crippen LogP contribution in [0.25, 0.3) is 11.2 Å². The Hall–Kier alpha value is -1.49. The first-order valence-electron chi connectivity index (χ1n) is 4.82. The van der Waals surface area contributed by atoms with Gasteiger partial charge >= 0.3 is 0 Å². The number of aromatic amines is 1. The zero-order chi connectivity index (χ0) is 9.38. The molecule has 3 rings (SSSR count). The van der Waals surface area contributed by atoms with Gasteiger partial charge in [-0.1, -0.05) is 0 Å². The Kier molecular flexibility index (Phi) is 1.70. The van der Waals surface area contributed by atoms with Gasteiger partial charge in [0.2, 0.25) is 0 Å². The van der Waals surface area contributed by atoms with Crippen LogP contribution >= 0.6 is 0 Å². The molecule has 0 radical (unpaired) electrons. The van der Waals surface area contributed by atoms with E-state index >= 15 is 0 Å². The topological polar surface area (TPSA) is 66.5 Å². The van der Waals surface area contributed by atoms with Crippen LogP contribution in [-0.4, -0.2) is 26.5 Å². The van der Waals surface area contributed by atoms with Crippen molar-refractivity contribution < 1.29 is 0 Å². The molecule has 1 aliphatic heterocycles. The molecule has 2 aromatic heterocycles. The molecule has 5 heteroatoms. The van der Waals surface area contributed by atoms with E-state index in [1.54, 1.807) is 6.20 Å². The molecule has 2 N–H and O–H groups in total. The van der Waals surface area contributed by atoms with Crippen molar-refractivity contribution in [1.82, 2.24) is 25.3 Å². The third-order valence-electron chi connectivity index (χ3n) is 2.57. The number of imidazole rings is 1. The zero-order valence-corrected chi connectivity index (χ0v) is 7.70. The van der Waals surface area contributed by atoms with E-state index in [1.165, 1.54) is 12.7 Å². The molecule has 72 valence electrons. The van der Waals surface area contributed by atoms with Crippen LogP contribution in [0.2, 0.25) is 0 Å². The highest BCUT2D eigenvalue weighted by Crippen LogP contribution is 2.21. The van der Waals surface area contributed by atoms with Gasteiger partial charge in [0.25, 0.3) is 0 Å². The molecule has 2 aromatic rings. The molecule has 0 unspecified atom stereocenters. The van der Waals surface area contributed by atoms with E-state index in [4.69, 9.17) is 0 Å². The van der Waals surface area contributed by atoms with Crippen molar-refractivity contribution in [2.24, 2.45) is 0 Å². The van der Waals surface area contributed by atoms with Gasteiger partial charge < -0.3 is 10.3 Å². The van der Waals surface area contributed by atoms with Crippen molar-refractivity contribution in [1.29, 1.82) is 0 Å². The van der Waals surface area contributed by atoms with Crippen molar-refractivity contribution >= 4 is 11.2 Å². The minimum atomic E-state index is 0.365. The van der Waals surface area contributed by atoms with Gasteiger partial charge in [-0.15, -0.1) is 0 Å². The van der Waals surface area contributed by atoms with E-state index in [2.05, 4.69) is 25.3 Å². The Morgan fingerprint density at radius 3 is 3.21 bits per heavy atom. The number of nitrogens with zero attached hydrogens (tertiary/aromatic N) is 3. The first-order valence-corrected chi connectivity index (χ1v) is 4.82. The molecule has 0 saturated carbocycles. The van der Waals surface area contributed by atoms with E-state index in [0.717, 1.165) is 30.0 Å². The summed E-state index contributed by atoms with van der Waals surface area (Å²) >= 11 is 0. The number of H-pyrrole nitrogens is 1. The smallest absolute Gasteiger partial charge is 0.180 e. The van der Waals surface area contributed by atoms with Crippen molar-refractivity contribution in [3.63, 3.8) is 0 Å². The van der Waals surface area contributed by atoms with E-state index in [9.17, 15) is 0 Å². The number of fused-ring (bicyclic) bond motifs is 1. The summed E-state index contributed by atoms with van der Waals surface area (Å²) in [5.41, 5.74) is 1.67. The predicted octanol–water partition coefficient (Wildman–Crippen LogP) is 0.777. The van der Waals surface area contributed by atoms with Crippen LogP contribution in [0.3, 0.4) is 0 Å². The maximum Gasteiger partial charge on any atom is 0.180 e. The monoisotopic (exact) mass is 189 g/mol. The summed E-state index contributed by atoms with van der Waals surface area (Å²) in [5, 5.41) is 3.39. The molecule has 1 atom stereocenters. The highest BCUT2D eigenvalue weighted by molar-refractivity contribution is 5.68. The van der Waals surface area contributed by atoms with Crippen LogP contribution in [0.5, 0.6) is 0 Å². The fourth-order valence-electron chi connectivity index (χ4n) is 1.86. The largest absolute Gasteiger partial charge is 0.338 e. The molecule has 14 heavy (non-hydrogen) atoms. The number of rotatable bonds is 1. The second-order valence-electron chi connectivity index (χ2n) is 3.53. The van der Waals surface area contributed by atoms with Crippen molar-refractivity contribution in [3.05, 3.63) is 18.3 Å². The van der Waals surface area contributed by atoms with Crippen LogP contribution < -0.4 is 5.32 Å². The van der Waals surface area contributed by atoms with Gasteiger partial charge in [0.15, 0.2) is 5.65 Å². The summed E-state index contributed by atoms with van der Waals surface area (Å²) in [6.45, 7) is 1.08. The van der Waals surface area contributed by atoms with Crippen molar-refractivity contribution in [2.45, 2.75) is 18.9 Å². The third-order valence-corrected chi connectivity index (χ3v) is 2.57. The van der Waals surface area contributed by atoms with Crippen LogP contribution in [0.4, 0.5) is 0 Å². The average molecular weight is 189 g/mol. The summed E-state index contributed by atoms with van der Waals surface area (Å²) in [4.78, 5) is 15.7. The van der Waals surface area contributed by atoms with Gasteiger partial charge in [-0.05, 0) is 19.4 Å². The lowest BCUT2D eigenvalue weighted by Crippen LogP contribution is -2.14. The van der Waals surface area contributed by atoms with E-state index in [0.29, 0.717) is 6.04 Å². The number of aromatic nitrogens is 4. The van der Waals surface area contributed by atoms with Gasteiger partial charge in [-0.25, -0.2) is 15.0 Å². The molecule has 0 spiro atoms. The quantitative estimate of drug-likeness (QED) is 0.695. The SMILES string of the molecule is c1ncc2[nH]c([C@H]3CCCN3)nc2n1. The number of hydrogen-bond donors (Lipinski definition) is 2. The van der Waals surface area contributed by atoms with Gasteiger partial charge in [0.1, 0.15) is 17.7 Å². The molecule has 5 nitrogen and oxygen atoms in total. The van der Waals surface area contributed by atoms with Gasteiger partial charge in [0.05, 0.1) is 12.2 Å². The van der Waals surface area contributed by atoms with Crippen LogP contribution in [0.1, 0.15) is 24.7 Å². The van der Waals surface area contributed by atoms with E-state index < -0.39 is 0 Å². The standard InChI is InChI=1S/C9H11N5/c1-2-6(11-3-1)9-13-7-4-10-5-12-8(7)14-9/h4-6,11H,1-3H2,(H,10,12,13,14)/t6-/m1/s1. The summed E-state index contributed by atoms with van der Waals surface area (Å²) in [5.74, 6) is 0.984. The molecule has 0 amide bonds. The van der Waals surface area contributed by atoms with Crippen molar-refractivity contribution in [3.8, 4) is 0 Å². The zero-order valence-electron chi connectivity index (χ0n) is 7.70. The molecular formula is C9H11N5. The Balaban J connectivity index is 2.05. The fourth-order valence-corrected chi connectivity index (χ4v) is 1.86. The Labute approximate surface area is 81.0 Å². The Morgan fingerprint density at radius 1 is 1.43 bits per heavy atom. The number of nitrogens with one attached hydrogen (secondary N) is 2. The van der Waals surface area contributed by atoms with Gasteiger partial charge in [0, 0.05) is 0 Å². The molecule has 3 heterocycles. The highest BCUT2D eigenvalue weighted by atomic mass is 15.1. The minimum absolute atomic E-state index is 0.365. The summed E-state index contributed by atoms with van der Waals surface area (Å²) in [6.07, 6.45) is 5.64. The lowest BCUT2D eigenvalue weighted by Gasteiger charge is -2.04.